The van der Waals surface area contributed by atoms with Gasteiger partial charge in [0, 0.05) is 15.6 Å². The number of benzene rings is 1. The SMILES string of the molecule is CC(=O)C(Cl)c1c(Br)cccc1C(F)F. The van der Waals surface area contributed by atoms with Crippen molar-refractivity contribution >= 4 is 33.3 Å². The van der Waals surface area contributed by atoms with Gasteiger partial charge in [0.05, 0.1) is 0 Å². The number of hydrogen-bond acceptors (Lipinski definition) is 1. The van der Waals surface area contributed by atoms with Gasteiger partial charge in [0.25, 0.3) is 6.43 Å². The monoisotopic (exact) mass is 296 g/mol. The Labute approximate surface area is 99.6 Å². The second kappa shape index (κ2) is 5.03. The average Bonchev–Trinajstić information content (AvgIpc) is 2.16. The van der Waals surface area contributed by atoms with Crippen LogP contribution in [0.2, 0.25) is 0 Å². The Kier molecular flexibility index (Phi) is 4.22. The predicted octanol–water partition coefficient (Wildman–Crippen LogP) is 4.26. The molecule has 0 heterocycles. The van der Waals surface area contributed by atoms with Crippen molar-refractivity contribution in [2.75, 3.05) is 0 Å². The second-order valence-electron chi connectivity index (χ2n) is 3.02. The molecule has 1 aromatic rings. The van der Waals surface area contributed by atoms with Crippen molar-refractivity contribution in [1.29, 1.82) is 0 Å². The van der Waals surface area contributed by atoms with Crippen LogP contribution >= 0.6 is 27.5 Å². The zero-order valence-electron chi connectivity index (χ0n) is 7.81. The van der Waals surface area contributed by atoms with E-state index in [0.717, 1.165) is 0 Å². The van der Waals surface area contributed by atoms with Crippen molar-refractivity contribution in [1.82, 2.24) is 0 Å². The molecule has 0 aliphatic rings. The molecule has 1 atom stereocenters. The van der Waals surface area contributed by atoms with E-state index in [0.29, 0.717) is 4.47 Å². The fraction of sp³-hybridized carbons (Fsp3) is 0.300. The standard InChI is InChI=1S/C10H8BrClF2O/c1-5(15)9(12)8-6(10(13)14)3-2-4-7(8)11/h2-4,9-10H,1H3. The van der Waals surface area contributed by atoms with E-state index in [1.807, 2.05) is 0 Å². The molecule has 0 aliphatic carbocycles. The minimum Gasteiger partial charge on any atom is -0.298 e. The summed E-state index contributed by atoms with van der Waals surface area (Å²) in [5.41, 5.74) is -0.0544. The van der Waals surface area contributed by atoms with Crippen molar-refractivity contribution in [2.45, 2.75) is 18.7 Å². The minimum atomic E-state index is -2.64. The van der Waals surface area contributed by atoms with Crippen LogP contribution in [-0.2, 0) is 4.79 Å². The molecular weight excluding hydrogens is 289 g/mol. The van der Waals surface area contributed by atoms with Gasteiger partial charge in [-0.2, -0.15) is 0 Å². The van der Waals surface area contributed by atoms with Crippen LogP contribution in [0.25, 0.3) is 0 Å². The van der Waals surface area contributed by atoms with E-state index in [1.165, 1.54) is 19.1 Å². The molecule has 0 fully saturated rings. The quantitative estimate of drug-likeness (QED) is 0.762. The fourth-order valence-electron chi connectivity index (χ4n) is 1.21. The lowest BCUT2D eigenvalue weighted by atomic mass is 10.0. The average molecular weight is 298 g/mol. The first kappa shape index (κ1) is 12.6. The number of carbonyl (C=O) groups excluding carboxylic acids is 1. The molecule has 15 heavy (non-hydrogen) atoms. The smallest absolute Gasteiger partial charge is 0.264 e. The predicted molar refractivity (Wildman–Crippen MR) is 58.4 cm³/mol. The molecule has 0 saturated carbocycles. The van der Waals surface area contributed by atoms with Gasteiger partial charge < -0.3 is 0 Å². The molecule has 0 radical (unpaired) electrons. The van der Waals surface area contributed by atoms with Crippen LogP contribution in [0, 0.1) is 0 Å². The largest absolute Gasteiger partial charge is 0.298 e. The number of Topliss-reactive ketones (excluding diaryl/α,β-unsaturated/α-hetero) is 1. The number of ketones is 1. The Hall–Kier alpha value is -0.480. The Morgan fingerprint density at radius 3 is 2.53 bits per heavy atom. The van der Waals surface area contributed by atoms with Gasteiger partial charge in [0.2, 0.25) is 0 Å². The van der Waals surface area contributed by atoms with E-state index in [-0.39, 0.29) is 16.9 Å². The highest BCUT2D eigenvalue weighted by Crippen LogP contribution is 2.36. The van der Waals surface area contributed by atoms with Gasteiger partial charge in [-0.15, -0.1) is 11.6 Å². The highest BCUT2D eigenvalue weighted by Gasteiger charge is 2.23. The summed E-state index contributed by atoms with van der Waals surface area (Å²) in [6.07, 6.45) is -2.64. The summed E-state index contributed by atoms with van der Waals surface area (Å²) in [6.45, 7) is 1.27. The van der Waals surface area contributed by atoms with Crippen LogP contribution in [0.15, 0.2) is 22.7 Å². The normalized spacial score (nSPS) is 12.9. The van der Waals surface area contributed by atoms with E-state index in [4.69, 9.17) is 11.6 Å². The van der Waals surface area contributed by atoms with E-state index < -0.39 is 11.8 Å². The Balaban J connectivity index is 3.30. The van der Waals surface area contributed by atoms with Gasteiger partial charge >= 0.3 is 0 Å². The second-order valence-corrected chi connectivity index (χ2v) is 4.31. The summed E-state index contributed by atoms with van der Waals surface area (Å²) < 4.78 is 25.7. The van der Waals surface area contributed by atoms with E-state index in [2.05, 4.69) is 15.9 Å². The van der Waals surface area contributed by atoms with Gasteiger partial charge in [-0.3, -0.25) is 4.79 Å². The number of rotatable bonds is 3. The maximum absolute atomic E-state index is 12.6. The van der Waals surface area contributed by atoms with E-state index in [9.17, 15) is 13.6 Å². The number of halogens is 4. The molecule has 0 aliphatic heterocycles. The molecule has 82 valence electrons. The van der Waals surface area contributed by atoms with Crippen molar-refractivity contribution in [3.05, 3.63) is 33.8 Å². The summed E-state index contributed by atoms with van der Waals surface area (Å²) in [4.78, 5) is 11.1. The minimum absolute atomic E-state index is 0.154. The first-order chi connectivity index (χ1) is 6.95. The van der Waals surface area contributed by atoms with Gasteiger partial charge in [-0.05, 0) is 13.0 Å². The molecule has 5 heteroatoms. The van der Waals surface area contributed by atoms with Crippen molar-refractivity contribution in [2.24, 2.45) is 0 Å². The van der Waals surface area contributed by atoms with Crippen LogP contribution in [-0.4, -0.2) is 5.78 Å². The molecule has 1 rings (SSSR count). The Morgan fingerprint density at radius 2 is 2.07 bits per heavy atom. The first-order valence-corrected chi connectivity index (χ1v) is 5.39. The van der Waals surface area contributed by atoms with Crippen LogP contribution in [0.1, 0.15) is 29.9 Å². The number of carbonyl (C=O) groups is 1. The molecule has 0 N–H and O–H groups in total. The molecular formula is C10H8BrClF2O. The van der Waals surface area contributed by atoms with Gasteiger partial charge in [-0.1, -0.05) is 28.1 Å². The molecule has 1 nitrogen and oxygen atoms in total. The van der Waals surface area contributed by atoms with Crippen LogP contribution in [0.5, 0.6) is 0 Å². The number of hydrogen-bond donors (Lipinski definition) is 0. The molecule has 0 saturated heterocycles. The first-order valence-electron chi connectivity index (χ1n) is 4.16. The molecule has 0 spiro atoms. The molecule has 0 amide bonds. The zero-order chi connectivity index (χ0) is 11.6. The van der Waals surface area contributed by atoms with Crippen LogP contribution < -0.4 is 0 Å². The third-order valence-corrected chi connectivity index (χ3v) is 3.15. The lowest BCUT2D eigenvalue weighted by Gasteiger charge is -2.13. The molecule has 1 aromatic carbocycles. The summed E-state index contributed by atoms with van der Waals surface area (Å²) >= 11 is 8.90. The third-order valence-electron chi connectivity index (χ3n) is 1.93. The lowest BCUT2D eigenvalue weighted by Crippen LogP contribution is -2.06. The van der Waals surface area contributed by atoms with Gasteiger partial charge in [-0.25, -0.2) is 8.78 Å². The maximum Gasteiger partial charge on any atom is 0.264 e. The molecule has 0 aromatic heterocycles. The fourth-order valence-corrected chi connectivity index (χ4v) is 2.20. The van der Waals surface area contributed by atoms with Crippen LogP contribution in [0.3, 0.4) is 0 Å². The van der Waals surface area contributed by atoms with Crippen molar-refractivity contribution in [3.63, 3.8) is 0 Å². The highest BCUT2D eigenvalue weighted by atomic mass is 79.9. The summed E-state index contributed by atoms with van der Waals surface area (Å²) in [7, 11) is 0. The summed E-state index contributed by atoms with van der Waals surface area (Å²) in [6, 6.07) is 4.33. The zero-order valence-corrected chi connectivity index (χ0v) is 10.1. The van der Waals surface area contributed by atoms with Crippen molar-refractivity contribution < 1.29 is 13.6 Å². The van der Waals surface area contributed by atoms with Gasteiger partial charge in [0.15, 0.2) is 5.78 Å². The maximum atomic E-state index is 12.6. The van der Waals surface area contributed by atoms with Gasteiger partial charge in [0.1, 0.15) is 5.38 Å². The summed E-state index contributed by atoms with van der Waals surface area (Å²) in [5.74, 6) is -0.356. The highest BCUT2D eigenvalue weighted by molar-refractivity contribution is 9.10. The number of alkyl halides is 3. The molecule has 1 unspecified atom stereocenters. The van der Waals surface area contributed by atoms with E-state index >= 15 is 0 Å². The van der Waals surface area contributed by atoms with Crippen molar-refractivity contribution in [3.8, 4) is 0 Å². The third kappa shape index (κ3) is 2.75. The van der Waals surface area contributed by atoms with Crippen LogP contribution in [0.4, 0.5) is 8.78 Å². The summed E-state index contributed by atoms with van der Waals surface area (Å²) in [5, 5.41) is -1.04. The lowest BCUT2D eigenvalue weighted by molar-refractivity contribution is -0.116. The molecule has 0 bridgehead atoms. The Morgan fingerprint density at radius 1 is 1.47 bits per heavy atom. The topological polar surface area (TPSA) is 17.1 Å². The van der Waals surface area contributed by atoms with E-state index in [1.54, 1.807) is 6.07 Å². The Bertz CT molecular complexity index is 382.